The number of nitro benzene ring substituents is 1. The van der Waals surface area contributed by atoms with E-state index in [4.69, 9.17) is 4.74 Å². The van der Waals surface area contributed by atoms with Crippen molar-refractivity contribution in [2.24, 2.45) is 0 Å². The number of hydrogen-bond donors (Lipinski definition) is 1. The van der Waals surface area contributed by atoms with Crippen LogP contribution in [0.2, 0.25) is 0 Å². The molecule has 0 spiro atoms. The number of fused-ring (bicyclic) bond motifs is 4. The van der Waals surface area contributed by atoms with Crippen LogP contribution in [0.5, 0.6) is 0 Å². The van der Waals surface area contributed by atoms with E-state index in [1.165, 1.54) is 47.1 Å². The van der Waals surface area contributed by atoms with E-state index in [1.54, 1.807) is 24.3 Å². The average Bonchev–Trinajstić information content (AvgIpc) is 3.59. The molecule has 1 fully saturated rings. The molecule has 198 valence electrons. The van der Waals surface area contributed by atoms with E-state index in [9.17, 15) is 29.6 Å². The molecule has 6 rings (SSSR count). The smallest absolute Gasteiger partial charge is 0.353 e. The Bertz CT molecular complexity index is 1750. The molecule has 2 aromatic heterocycles. The lowest BCUT2D eigenvalue weighted by Crippen LogP contribution is -2.70. The maximum Gasteiger partial charge on any atom is 0.353 e. The first-order valence-corrected chi connectivity index (χ1v) is 14.1. The van der Waals surface area contributed by atoms with Gasteiger partial charge in [-0.3, -0.25) is 29.0 Å². The molecule has 3 atom stereocenters. The minimum Gasteiger partial charge on any atom is -0.477 e. The topological polar surface area (TPSA) is 144 Å². The molecule has 1 saturated heterocycles. The number of ether oxygens (including phenoxy) is 1. The molecule has 0 aliphatic carbocycles. The van der Waals surface area contributed by atoms with E-state index >= 15 is 0 Å². The number of carboxylic acid groups (broad SMARTS) is 1. The summed E-state index contributed by atoms with van der Waals surface area (Å²) in [5, 5.41) is 22.2. The third-order valence-corrected chi connectivity index (χ3v) is 10.3. The number of aromatic nitrogens is 2. The molecule has 11 nitrogen and oxygen atoms in total. The first kappa shape index (κ1) is 25.5. The third kappa shape index (κ3) is 3.93. The quantitative estimate of drug-likeness (QED) is 0.102. The summed E-state index contributed by atoms with van der Waals surface area (Å²) in [6.45, 7) is 1.25. The first-order chi connectivity index (χ1) is 18.6. The van der Waals surface area contributed by atoms with Crippen molar-refractivity contribution in [1.82, 2.24) is 14.3 Å². The molecule has 0 radical (unpaired) electrons. The molecule has 4 aromatic rings. The van der Waals surface area contributed by atoms with Crippen LogP contribution in [0.25, 0.3) is 16.0 Å². The molecule has 2 aromatic carbocycles. The van der Waals surface area contributed by atoms with Gasteiger partial charge in [0.15, 0.2) is 15.4 Å². The number of amides is 1. The van der Waals surface area contributed by atoms with Crippen LogP contribution in [-0.2, 0) is 25.5 Å². The molecular weight excluding hydrogens is 612 g/mol. The summed E-state index contributed by atoms with van der Waals surface area (Å²) < 4.78 is 6.19. The molecule has 14 heteroatoms. The zero-order chi connectivity index (χ0) is 27.6. The fourth-order valence-corrected chi connectivity index (χ4v) is 8.18. The van der Waals surface area contributed by atoms with Gasteiger partial charge in [0, 0.05) is 42.0 Å². The third-order valence-electron chi connectivity index (χ3n) is 6.65. The highest BCUT2D eigenvalue weighted by molar-refractivity contribution is 9.10. The van der Waals surface area contributed by atoms with Crippen molar-refractivity contribution in [3.63, 3.8) is 0 Å². The Balaban J connectivity index is 1.36. The van der Waals surface area contributed by atoms with Crippen molar-refractivity contribution in [3.8, 4) is 0 Å². The van der Waals surface area contributed by atoms with E-state index in [0.717, 1.165) is 16.0 Å². The predicted octanol–water partition coefficient (Wildman–Crippen LogP) is 4.65. The van der Waals surface area contributed by atoms with Gasteiger partial charge in [-0.15, -0.1) is 23.1 Å². The van der Waals surface area contributed by atoms with Crippen molar-refractivity contribution < 1.29 is 29.2 Å². The second-order valence-electron chi connectivity index (χ2n) is 9.00. The average molecular weight is 629 g/mol. The number of carboxylic acids is 1. The Kier molecular flexibility index (Phi) is 6.00. The lowest BCUT2D eigenvalue weighted by molar-refractivity contribution is -0.384. The highest BCUT2D eigenvalue weighted by atomic mass is 79.9. The fourth-order valence-electron chi connectivity index (χ4n) is 4.90. The summed E-state index contributed by atoms with van der Waals surface area (Å²) in [7, 11) is 0. The zero-order valence-electron chi connectivity index (χ0n) is 19.9. The van der Waals surface area contributed by atoms with Gasteiger partial charge in [-0.05, 0) is 23.3 Å². The Labute approximate surface area is 236 Å². The Morgan fingerprint density at radius 1 is 1.28 bits per heavy atom. The fraction of sp³-hybridized carbons (Fsp3) is 0.200. The number of esters is 1. The maximum atomic E-state index is 13.7. The standard InChI is InChI=1S/C25H17BrN4O7S2/c1-12(31)37-20(14-4-7-16-17(11-14)28-8-9-38-24(28)27-16)25(26)22(34)29-19(21(32)33)18(39-23(25)29)10-13-2-5-15(6-3-13)30(35)36/h2-9,11,20,23H,10H2,1H3,(H,32,33)/t20?,23-,25?/m1/s1. The summed E-state index contributed by atoms with van der Waals surface area (Å²) >= 11 is 6.24. The van der Waals surface area contributed by atoms with Crippen molar-refractivity contribution in [2.75, 3.05) is 0 Å². The lowest BCUT2D eigenvalue weighted by atomic mass is 9.86. The number of non-ortho nitro benzene ring substituents is 1. The van der Waals surface area contributed by atoms with Gasteiger partial charge in [-0.2, -0.15) is 0 Å². The van der Waals surface area contributed by atoms with Gasteiger partial charge < -0.3 is 9.84 Å². The van der Waals surface area contributed by atoms with Crippen LogP contribution in [0.4, 0.5) is 5.69 Å². The molecule has 1 N–H and O–H groups in total. The predicted molar refractivity (Wildman–Crippen MR) is 146 cm³/mol. The van der Waals surface area contributed by atoms with Gasteiger partial charge in [0.1, 0.15) is 11.1 Å². The van der Waals surface area contributed by atoms with Crippen LogP contribution in [0, 0.1) is 10.1 Å². The second kappa shape index (κ2) is 9.17. The largest absolute Gasteiger partial charge is 0.477 e. The Hall–Kier alpha value is -3.75. The number of thioether (sulfide) groups is 1. The molecule has 1 amide bonds. The monoisotopic (exact) mass is 628 g/mol. The number of nitrogens with zero attached hydrogens (tertiary/aromatic N) is 4. The number of imidazole rings is 1. The highest BCUT2D eigenvalue weighted by Crippen LogP contribution is 2.60. The molecular formula is C25H17BrN4O7S2. The van der Waals surface area contributed by atoms with Crippen molar-refractivity contribution in [3.05, 3.63) is 85.9 Å². The summed E-state index contributed by atoms with van der Waals surface area (Å²) in [6, 6.07) is 11.2. The van der Waals surface area contributed by atoms with E-state index in [1.807, 2.05) is 22.0 Å². The number of β-lactam (4-membered cyclic amide) rings is 1. The number of nitro groups is 1. The SMILES string of the molecule is CC(=O)OC(c1ccc2nc3sccn3c2c1)C1(Br)C(=O)N2C(C(=O)O)=C(Cc3ccc([N+](=O)[O-])cc3)S[C@@H]21. The maximum absolute atomic E-state index is 13.7. The van der Waals surface area contributed by atoms with Crippen molar-refractivity contribution in [2.45, 2.75) is 29.1 Å². The van der Waals surface area contributed by atoms with E-state index < -0.39 is 38.6 Å². The number of carbonyl (C=O) groups excluding carboxylic acids is 2. The van der Waals surface area contributed by atoms with Crippen LogP contribution in [-0.4, -0.2) is 51.9 Å². The number of carbonyl (C=O) groups is 3. The van der Waals surface area contributed by atoms with Crippen LogP contribution in [0.3, 0.4) is 0 Å². The number of benzene rings is 2. The van der Waals surface area contributed by atoms with E-state index in [-0.39, 0.29) is 17.8 Å². The van der Waals surface area contributed by atoms with Crippen LogP contribution in [0.1, 0.15) is 24.2 Å². The molecule has 2 unspecified atom stereocenters. The molecule has 2 aliphatic heterocycles. The first-order valence-electron chi connectivity index (χ1n) is 11.5. The number of alkyl halides is 1. The highest BCUT2D eigenvalue weighted by Gasteiger charge is 2.70. The van der Waals surface area contributed by atoms with Crippen LogP contribution in [0.15, 0.2) is 64.6 Å². The lowest BCUT2D eigenvalue weighted by Gasteiger charge is -2.51. The number of rotatable bonds is 7. The second-order valence-corrected chi connectivity index (χ2v) is 12.4. The minimum atomic E-state index is -1.44. The molecule has 0 saturated carbocycles. The summed E-state index contributed by atoms with van der Waals surface area (Å²) in [5.41, 5.74) is 2.49. The van der Waals surface area contributed by atoms with Crippen molar-refractivity contribution in [1.29, 1.82) is 0 Å². The summed E-state index contributed by atoms with van der Waals surface area (Å²) in [6.07, 6.45) is 0.975. The number of hydrogen-bond acceptors (Lipinski definition) is 9. The van der Waals surface area contributed by atoms with Gasteiger partial charge >= 0.3 is 11.9 Å². The van der Waals surface area contributed by atoms with Gasteiger partial charge in [0.2, 0.25) is 0 Å². The summed E-state index contributed by atoms with van der Waals surface area (Å²) in [4.78, 5) is 55.6. The molecule has 4 heterocycles. The molecule has 39 heavy (non-hydrogen) atoms. The number of thiazole rings is 1. The number of aliphatic carboxylic acids is 1. The Morgan fingerprint density at radius 3 is 2.69 bits per heavy atom. The summed E-state index contributed by atoms with van der Waals surface area (Å²) in [5.74, 6) is -2.41. The van der Waals surface area contributed by atoms with Crippen LogP contribution >= 0.6 is 39.0 Å². The van der Waals surface area contributed by atoms with Crippen LogP contribution < -0.4 is 0 Å². The van der Waals surface area contributed by atoms with E-state index in [0.29, 0.717) is 16.0 Å². The van der Waals surface area contributed by atoms with E-state index in [2.05, 4.69) is 20.9 Å². The number of halogens is 1. The molecule has 2 aliphatic rings. The van der Waals surface area contributed by atoms with Gasteiger partial charge in [-0.1, -0.05) is 34.1 Å². The molecule has 0 bridgehead atoms. The normalized spacial score (nSPS) is 21.2. The minimum absolute atomic E-state index is 0.0807. The Morgan fingerprint density at radius 2 is 2.03 bits per heavy atom. The number of allylic oxidation sites excluding steroid dienone is 1. The van der Waals surface area contributed by atoms with Gasteiger partial charge in [-0.25, -0.2) is 9.78 Å². The van der Waals surface area contributed by atoms with Gasteiger partial charge in [0.25, 0.3) is 11.6 Å². The van der Waals surface area contributed by atoms with Crippen molar-refractivity contribution >= 4 is 78.6 Å². The zero-order valence-corrected chi connectivity index (χ0v) is 23.2. The van der Waals surface area contributed by atoms with Gasteiger partial charge in [0.05, 0.1) is 16.0 Å².